The molecule has 0 rings (SSSR count). The molecular formula is C44H86O5. The Labute approximate surface area is 305 Å². The van der Waals surface area contributed by atoms with Crippen LogP contribution in [0.4, 0.5) is 0 Å². The molecule has 0 fully saturated rings. The largest absolute Gasteiger partial charge is 0.481 e. The number of hydrogen-bond donors (Lipinski definition) is 3. The summed E-state index contributed by atoms with van der Waals surface area (Å²) in [5.74, 6) is -3.56. The van der Waals surface area contributed by atoms with Crippen molar-refractivity contribution in [1.82, 2.24) is 0 Å². The number of carboxylic acid groups (broad SMARTS) is 2. The van der Waals surface area contributed by atoms with Crippen LogP contribution in [0.2, 0.25) is 0 Å². The molecule has 49 heavy (non-hydrogen) atoms. The Hall–Kier alpha value is -1.10. The molecule has 0 aromatic rings. The maximum atomic E-state index is 12.9. The Morgan fingerprint density at radius 1 is 0.429 bits per heavy atom. The lowest BCUT2D eigenvalue weighted by Gasteiger charge is -2.35. The van der Waals surface area contributed by atoms with E-state index >= 15 is 0 Å². The first-order chi connectivity index (χ1) is 23.8. The van der Waals surface area contributed by atoms with Crippen molar-refractivity contribution >= 4 is 11.9 Å². The van der Waals surface area contributed by atoms with Crippen LogP contribution < -0.4 is 0 Å². The third kappa shape index (κ3) is 26.4. The fraction of sp³-hybridized carbons (Fsp3) is 0.955. The van der Waals surface area contributed by atoms with Gasteiger partial charge in [-0.1, -0.05) is 233 Å². The second-order valence-electron chi connectivity index (χ2n) is 15.9. The van der Waals surface area contributed by atoms with Crippen molar-refractivity contribution in [2.24, 2.45) is 17.8 Å². The summed E-state index contributed by atoms with van der Waals surface area (Å²) in [6.07, 6.45) is 37.7. The van der Waals surface area contributed by atoms with Gasteiger partial charge in [0.05, 0.1) is 5.92 Å². The average molecular weight is 695 g/mol. The van der Waals surface area contributed by atoms with Gasteiger partial charge in [-0.25, -0.2) is 4.79 Å². The highest BCUT2D eigenvalue weighted by atomic mass is 16.4. The number of rotatable bonds is 39. The SMILES string of the molecule is CCCCCCCCCCC(CCCCCCCC)CC(C(=O)O)C(O)(CC(CCCCCCCC)CCCCCCCCCC)C(=O)O. The molecule has 3 N–H and O–H groups in total. The molecule has 0 heterocycles. The number of hydrogen-bond acceptors (Lipinski definition) is 3. The van der Waals surface area contributed by atoms with E-state index in [0.717, 1.165) is 77.0 Å². The first-order valence-electron chi connectivity index (χ1n) is 21.9. The van der Waals surface area contributed by atoms with Crippen LogP contribution in [0.5, 0.6) is 0 Å². The van der Waals surface area contributed by atoms with Crippen LogP contribution in [-0.4, -0.2) is 32.9 Å². The van der Waals surface area contributed by atoms with Gasteiger partial charge >= 0.3 is 11.9 Å². The molecule has 0 aliphatic rings. The van der Waals surface area contributed by atoms with E-state index in [-0.39, 0.29) is 24.7 Å². The van der Waals surface area contributed by atoms with Gasteiger partial charge in [-0.3, -0.25) is 4.79 Å². The number of unbranched alkanes of at least 4 members (excludes halogenated alkanes) is 24. The zero-order valence-corrected chi connectivity index (χ0v) is 33.4. The molecule has 0 spiro atoms. The normalized spacial score (nSPS) is 14.8. The second-order valence-corrected chi connectivity index (χ2v) is 15.9. The highest BCUT2D eigenvalue weighted by Gasteiger charge is 2.49. The molecule has 5 heteroatoms. The minimum Gasteiger partial charge on any atom is -0.481 e. The van der Waals surface area contributed by atoms with Crippen LogP contribution in [-0.2, 0) is 9.59 Å². The van der Waals surface area contributed by atoms with Gasteiger partial charge in [0.15, 0.2) is 5.60 Å². The number of aliphatic hydroxyl groups is 1. The molecule has 0 saturated carbocycles. The van der Waals surface area contributed by atoms with Gasteiger partial charge in [-0.2, -0.15) is 0 Å². The standard InChI is InChI=1S/C44H86O5/c1-5-9-13-17-21-23-27-30-34-39(33-29-25-19-15-11-7-3)37-41(42(45)46)44(49,43(47)48)38-40(35-31-26-20-16-12-8-4)36-32-28-24-22-18-14-10-6-2/h39-41,49H,5-38H2,1-4H3,(H,45,46)(H,47,48). The van der Waals surface area contributed by atoms with Crippen LogP contribution in [0.3, 0.4) is 0 Å². The van der Waals surface area contributed by atoms with Gasteiger partial charge in [0.25, 0.3) is 0 Å². The van der Waals surface area contributed by atoms with Crippen molar-refractivity contribution < 1.29 is 24.9 Å². The molecule has 0 saturated heterocycles. The Morgan fingerprint density at radius 2 is 0.694 bits per heavy atom. The van der Waals surface area contributed by atoms with Crippen molar-refractivity contribution in [3.8, 4) is 0 Å². The molecule has 0 amide bonds. The molecule has 0 aromatic heterocycles. The highest BCUT2D eigenvalue weighted by Crippen LogP contribution is 2.37. The maximum absolute atomic E-state index is 12.9. The maximum Gasteiger partial charge on any atom is 0.336 e. The van der Waals surface area contributed by atoms with Gasteiger partial charge in [-0.05, 0) is 24.7 Å². The van der Waals surface area contributed by atoms with E-state index in [0.29, 0.717) is 0 Å². The molecule has 0 aliphatic heterocycles. The van der Waals surface area contributed by atoms with Gasteiger partial charge in [0.2, 0.25) is 0 Å². The van der Waals surface area contributed by atoms with Crippen LogP contribution >= 0.6 is 0 Å². The fourth-order valence-corrected chi connectivity index (χ4v) is 7.94. The predicted molar refractivity (Wildman–Crippen MR) is 210 cm³/mol. The molecule has 5 nitrogen and oxygen atoms in total. The predicted octanol–water partition coefficient (Wildman–Crippen LogP) is 14.1. The smallest absolute Gasteiger partial charge is 0.336 e. The first kappa shape index (κ1) is 47.9. The number of carbonyl (C=O) groups is 2. The summed E-state index contributed by atoms with van der Waals surface area (Å²) in [6.45, 7) is 8.93. The van der Waals surface area contributed by atoms with E-state index in [1.165, 1.54) is 128 Å². The van der Waals surface area contributed by atoms with E-state index in [1.54, 1.807) is 0 Å². The van der Waals surface area contributed by atoms with Crippen molar-refractivity contribution in [3.63, 3.8) is 0 Å². The highest BCUT2D eigenvalue weighted by molar-refractivity contribution is 5.85. The van der Waals surface area contributed by atoms with E-state index in [1.807, 2.05) is 0 Å². The Kier molecular flexibility index (Phi) is 33.2. The monoisotopic (exact) mass is 695 g/mol. The van der Waals surface area contributed by atoms with Crippen molar-refractivity contribution in [3.05, 3.63) is 0 Å². The molecular weight excluding hydrogens is 608 g/mol. The molecule has 0 aromatic carbocycles. The summed E-state index contributed by atoms with van der Waals surface area (Å²) < 4.78 is 0. The second kappa shape index (κ2) is 34.0. The summed E-state index contributed by atoms with van der Waals surface area (Å²) in [6, 6.07) is 0. The quantitative estimate of drug-likeness (QED) is 0.0557. The lowest BCUT2D eigenvalue weighted by atomic mass is 9.72. The van der Waals surface area contributed by atoms with Crippen LogP contribution in [0, 0.1) is 17.8 Å². The minimum atomic E-state index is -2.22. The van der Waals surface area contributed by atoms with Gasteiger partial charge < -0.3 is 15.3 Å². The summed E-state index contributed by atoms with van der Waals surface area (Å²) in [5, 5.41) is 33.0. The number of aliphatic carboxylic acids is 2. The van der Waals surface area contributed by atoms with Crippen LogP contribution in [0.1, 0.15) is 246 Å². The molecule has 0 bridgehead atoms. The summed E-state index contributed by atoms with van der Waals surface area (Å²) in [7, 11) is 0. The zero-order valence-electron chi connectivity index (χ0n) is 33.4. The molecule has 0 radical (unpaired) electrons. The zero-order chi connectivity index (χ0) is 36.4. The third-order valence-electron chi connectivity index (χ3n) is 11.3. The van der Waals surface area contributed by atoms with Gasteiger partial charge in [-0.15, -0.1) is 0 Å². The summed E-state index contributed by atoms with van der Waals surface area (Å²) in [4.78, 5) is 25.8. The Morgan fingerprint density at radius 3 is 0.959 bits per heavy atom. The topological polar surface area (TPSA) is 94.8 Å². The van der Waals surface area contributed by atoms with Crippen molar-refractivity contribution in [1.29, 1.82) is 0 Å². The van der Waals surface area contributed by atoms with E-state index in [9.17, 15) is 24.9 Å². The fourth-order valence-electron chi connectivity index (χ4n) is 7.94. The van der Waals surface area contributed by atoms with Gasteiger partial charge in [0, 0.05) is 0 Å². The molecule has 4 atom stereocenters. The average Bonchev–Trinajstić information content (AvgIpc) is 3.08. The number of carboxylic acids is 2. The lowest BCUT2D eigenvalue weighted by Crippen LogP contribution is -2.51. The third-order valence-corrected chi connectivity index (χ3v) is 11.3. The Bertz CT molecular complexity index is 739. The van der Waals surface area contributed by atoms with Crippen LogP contribution in [0.25, 0.3) is 0 Å². The van der Waals surface area contributed by atoms with Crippen molar-refractivity contribution in [2.45, 2.75) is 252 Å². The van der Waals surface area contributed by atoms with Gasteiger partial charge in [0.1, 0.15) is 0 Å². The minimum absolute atomic E-state index is 0.0407. The summed E-state index contributed by atoms with van der Waals surface area (Å²) >= 11 is 0. The Balaban J connectivity index is 5.59. The van der Waals surface area contributed by atoms with Crippen molar-refractivity contribution in [2.75, 3.05) is 0 Å². The van der Waals surface area contributed by atoms with Crippen LogP contribution in [0.15, 0.2) is 0 Å². The molecule has 292 valence electrons. The molecule has 0 aliphatic carbocycles. The lowest BCUT2D eigenvalue weighted by molar-refractivity contribution is -0.178. The van der Waals surface area contributed by atoms with E-state index < -0.39 is 23.5 Å². The molecule has 4 unspecified atom stereocenters. The first-order valence-corrected chi connectivity index (χ1v) is 21.9. The van der Waals surface area contributed by atoms with E-state index in [4.69, 9.17) is 0 Å². The summed E-state index contributed by atoms with van der Waals surface area (Å²) in [5.41, 5.74) is -2.22. The van der Waals surface area contributed by atoms with E-state index in [2.05, 4.69) is 27.7 Å².